The Morgan fingerprint density at radius 3 is 2.87 bits per heavy atom. The fraction of sp³-hybridized carbons (Fsp3) is 0.261. The number of benzene rings is 2. The van der Waals surface area contributed by atoms with Crippen molar-refractivity contribution in [2.45, 2.75) is 31.5 Å². The van der Waals surface area contributed by atoms with Crippen LogP contribution in [-0.4, -0.2) is 27.0 Å². The maximum atomic E-state index is 13.5. The minimum Gasteiger partial charge on any atom is -0.470 e. The predicted molar refractivity (Wildman–Crippen MR) is 118 cm³/mol. The molecule has 2 aromatic heterocycles. The molecule has 8 heteroatoms. The smallest absolute Gasteiger partial charge is 0.262 e. The third-order valence-electron chi connectivity index (χ3n) is 6.07. The fourth-order valence-electron chi connectivity index (χ4n) is 4.61. The summed E-state index contributed by atoms with van der Waals surface area (Å²) in [6.45, 7) is 1.71. The van der Waals surface area contributed by atoms with Crippen molar-refractivity contribution in [2.24, 2.45) is 0 Å². The van der Waals surface area contributed by atoms with Crippen molar-refractivity contribution in [3.63, 3.8) is 0 Å². The largest absolute Gasteiger partial charge is 0.470 e. The average Bonchev–Trinajstić information content (AvgIpc) is 3.43. The van der Waals surface area contributed by atoms with Crippen molar-refractivity contribution in [1.29, 1.82) is 0 Å². The van der Waals surface area contributed by atoms with Crippen molar-refractivity contribution in [2.75, 3.05) is 6.54 Å². The van der Waals surface area contributed by atoms with Crippen LogP contribution in [0, 0.1) is 0 Å². The molecule has 1 fully saturated rings. The highest BCUT2D eigenvalue weighted by Gasteiger charge is 2.41. The SMILES string of the molecule is CC1Oc2cc(-c3cnc(C4CC(F)(F)CN4)[nH]3)ccc2-c2cc3cc(Br)ccc3n21. The third kappa shape index (κ3) is 3.08. The first-order valence-corrected chi connectivity index (χ1v) is 11.0. The summed E-state index contributed by atoms with van der Waals surface area (Å²) in [6.07, 6.45) is 1.29. The van der Waals surface area contributed by atoms with Crippen LogP contribution >= 0.6 is 15.9 Å². The molecule has 2 aliphatic heterocycles. The fourth-order valence-corrected chi connectivity index (χ4v) is 4.99. The number of nitrogens with one attached hydrogen (secondary N) is 2. The maximum absolute atomic E-state index is 13.5. The zero-order valence-corrected chi connectivity index (χ0v) is 18.2. The molecule has 2 atom stereocenters. The van der Waals surface area contributed by atoms with Crippen molar-refractivity contribution in [3.05, 3.63) is 59.0 Å². The molecule has 0 amide bonds. The summed E-state index contributed by atoms with van der Waals surface area (Å²) in [6, 6.07) is 14.0. The molecule has 158 valence electrons. The van der Waals surface area contributed by atoms with Crippen LogP contribution in [0.15, 0.2) is 53.1 Å². The van der Waals surface area contributed by atoms with Gasteiger partial charge in [-0.1, -0.05) is 22.0 Å². The number of alkyl halides is 2. The molecule has 31 heavy (non-hydrogen) atoms. The van der Waals surface area contributed by atoms with E-state index in [2.05, 4.69) is 54.0 Å². The van der Waals surface area contributed by atoms with E-state index in [9.17, 15) is 8.78 Å². The van der Waals surface area contributed by atoms with E-state index in [0.29, 0.717) is 5.82 Å². The first kappa shape index (κ1) is 19.0. The summed E-state index contributed by atoms with van der Waals surface area (Å²) in [5, 5.41) is 3.99. The van der Waals surface area contributed by atoms with E-state index in [1.54, 1.807) is 6.20 Å². The predicted octanol–water partition coefficient (Wildman–Crippen LogP) is 6.04. The number of halogens is 3. The molecule has 0 radical (unpaired) electrons. The van der Waals surface area contributed by atoms with Crippen LogP contribution in [0.5, 0.6) is 5.75 Å². The second kappa shape index (κ2) is 6.64. The standard InChI is InChI=1S/C23H19BrF2N4O/c1-12-30-19-5-3-15(24)6-14(19)7-20(30)16-4-2-13(8-21(16)31-12)18-10-27-22(29-18)17-9-23(25,26)11-28-17/h2-8,10,12,17,28H,9,11H2,1H3,(H,27,29). The van der Waals surface area contributed by atoms with E-state index in [1.807, 2.05) is 31.2 Å². The number of fused-ring (bicyclic) bond motifs is 5. The lowest BCUT2D eigenvalue weighted by atomic mass is 10.0. The summed E-state index contributed by atoms with van der Waals surface area (Å²) in [7, 11) is 0. The van der Waals surface area contributed by atoms with Gasteiger partial charge in [0.2, 0.25) is 0 Å². The summed E-state index contributed by atoms with van der Waals surface area (Å²) < 4.78 is 36.6. The summed E-state index contributed by atoms with van der Waals surface area (Å²) >= 11 is 3.54. The number of nitrogens with zero attached hydrogens (tertiary/aromatic N) is 2. The van der Waals surface area contributed by atoms with Gasteiger partial charge in [-0.2, -0.15) is 0 Å². The van der Waals surface area contributed by atoms with E-state index in [-0.39, 0.29) is 19.2 Å². The Bertz CT molecular complexity index is 1330. The second-order valence-corrected chi connectivity index (χ2v) is 9.12. The zero-order valence-electron chi connectivity index (χ0n) is 16.6. The van der Waals surface area contributed by atoms with Gasteiger partial charge in [0.05, 0.1) is 35.7 Å². The van der Waals surface area contributed by atoms with Gasteiger partial charge in [0, 0.05) is 27.4 Å². The molecule has 0 aliphatic carbocycles. The highest BCUT2D eigenvalue weighted by Crippen LogP contribution is 2.44. The monoisotopic (exact) mass is 484 g/mol. The molecule has 4 heterocycles. The molecule has 6 rings (SSSR count). The average molecular weight is 485 g/mol. The lowest BCUT2D eigenvalue weighted by Gasteiger charge is -2.27. The van der Waals surface area contributed by atoms with Gasteiger partial charge in [-0.3, -0.25) is 0 Å². The number of H-pyrrole nitrogens is 1. The van der Waals surface area contributed by atoms with E-state index in [1.165, 1.54) is 0 Å². The minimum absolute atomic E-state index is 0.154. The van der Waals surface area contributed by atoms with Crippen molar-refractivity contribution >= 4 is 26.8 Å². The van der Waals surface area contributed by atoms with Gasteiger partial charge in [-0.25, -0.2) is 13.8 Å². The molecule has 0 saturated carbocycles. The number of hydrogen-bond donors (Lipinski definition) is 2. The summed E-state index contributed by atoms with van der Waals surface area (Å²) in [5.41, 5.74) is 4.93. The van der Waals surface area contributed by atoms with Gasteiger partial charge < -0.3 is 19.6 Å². The first-order chi connectivity index (χ1) is 14.9. The Morgan fingerprint density at radius 1 is 1.19 bits per heavy atom. The van der Waals surface area contributed by atoms with Crippen LogP contribution in [0.25, 0.3) is 33.4 Å². The number of ether oxygens (including phenoxy) is 1. The Labute approximate surface area is 185 Å². The quantitative estimate of drug-likeness (QED) is 0.364. The second-order valence-electron chi connectivity index (χ2n) is 8.21. The van der Waals surface area contributed by atoms with Crippen LogP contribution in [-0.2, 0) is 0 Å². The molecule has 2 aliphatic rings. The summed E-state index contributed by atoms with van der Waals surface area (Å²) in [5.74, 6) is -1.37. The number of aromatic amines is 1. The topological polar surface area (TPSA) is 54.9 Å². The summed E-state index contributed by atoms with van der Waals surface area (Å²) in [4.78, 5) is 7.54. The maximum Gasteiger partial charge on any atom is 0.262 e. The minimum atomic E-state index is -2.69. The van der Waals surface area contributed by atoms with Crippen molar-refractivity contribution < 1.29 is 13.5 Å². The lowest BCUT2D eigenvalue weighted by molar-refractivity contribution is 0.0208. The Kier molecular flexibility index (Phi) is 4.07. The van der Waals surface area contributed by atoms with Crippen molar-refractivity contribution in [3.8, 4) is 28.3 Å². The Morgan fingerprint density at radius 2 is 2.06 bits per heavy atom. The van der Waals surface area contributed by atoms with E-state index in [0.717, 1.165) is 43.6 Å². The van der Waals surface area contributed by atoms with Gasteiger partial charge in [0.25, 0.3) is 5.92 Å². The lowest BCUT2D eigenvalue weighted by Crippen LogP contribution is -2.19. The van der Waals surface area contributed by atoms with E-state index in [4.69, 9.17) is 4.74 Å². The highest BCUT2D eigenvalue weighted by atomic mass is 79.9. The van der Waals surface area contributed by atoms with Crippen LogP contribution < -0.4 is 10.1 Å². The molecule has 2 N–H and O–H groups in total. The Balaban J connectivity index is 1.38. The number of rotatable bonds is 2. The number of imidazole rings is 1. The van der Waals surface area contributed by atoms with Crippen LogP contribution in [0.4, 0.5) is 8.78 Å². The van der Waals surface area contributed by atoms with Gasteiger partial charge >= 0.3 is 0 Å². The number of hydrogen-bond acceptors (Lipinski definition) is 3. The molecule has 2 unspecified atom stereocenters. The molecular formula is C23H19BrF2N4O. The molecule has 0 spiro atoms. The molecule has 0 bridgehead atoms. The normalized spacial score (nSPS) is 21.7. The first-order valence-electron chi connectivity index (χ1n) is 10.2. The van der Waals surface area contributed by atoms with E-state index >= 15 is 0 Å². The van der Waals surface area contributed by atoms with Crippen molar-refractivity contribution in [1.82, 2.24) is 19.9 Å². The van der Waals surface area contributed by atoms with Gasteiger partial charge in [-0.15, -0.1) is 0 Å². The van der Waals surface area contributed by atoms with E-state index < -0.39 is 12.0 Å². The van der Waals surface area contributed by atoms with Gasteiger partial charge in [0.15, 0.2) is 6.23 Å². The molecule has 4 aromatic rings. The highest BCUT2D eigenvalue weighted by molar-refractivity contribution is 9.10. The molecule has 2 aromatic carbocycles. The molecule has 5 nitrogen and oxygen atoms in total. The van der Waals surface area contributed by atoms with Crippen LogP contribution in [0.2, 0.25) is 0 Å². The molecular weight excluding hydrogens is 466 g/mol. The molecule has 1 saturated heterocycles. The van der Waals surface area contributed by atoms with Crippen LogP contribution in [0.1, 0.15) is 31.4 Å². The third-order valence-corrected chi connectivity index (χ3v) is 6.56. The number of aromatic nitrogens is 3. The van der Waals surface area contributed by atoms with Gasteiger partial charge in [0.1, 0.15) is 11.6 Å². The zero-order chi connectivity index (χ0) is 21.3. The van der Waals surface area contributed by atoms with Gasteiger partial charge in [-0.05, 0) is 43.3 Å². The Hall–Kier alpha value is -2.71. The van der Waals surface area contributed by atoms with Crippen LogP contribution in [0.3, 0.4) is 0 Å².